The van der Waals surface area contributed by atoms with Crippen LogP contribution < -0.4 is 27.3 Å². The molecule has 0 aliphatic heterocycles. The predicted molar refractivity (Wildman–Crippen MR) is 110 cm³/mol. The van der Waals surface area contributed by atoms with Crippen LogP contribution in [0.3, 0.4) is 0 Å². The number of nitrogens with zero attached hydrogens (tertiary/aromatic N) is 3. The zero-order chi connectivity index (χ0) is 21.2. The number of rotatable bonds is 9. The number of hydrogen-bond donors (Lipinski definition) is 4. The van der Waals surface area contributed by atoms with Gasteiger partial charge in [-0.15, -0.1) is 10.2 Å². The van der Waals surface area contributed by atoms with Crippen molar-refractivity contribution in [2.24, 2.45) is 21.7 Å². The first kappa shape index (κ1) is 21.9. The van der Waals surface area contributed by atoms with Crippen molar-refractivity contribution in [2.75, 3.05) is 17.6 Å². The molecule has 10 nitrogen and oxygen atoms in total. The number of esters is 1. The Labute approximate surface area is 168 Å². The van der Waals surface area contributed by atoms with E-state index in [0.29, 0.717) is 24.3 Å². The summed E-state index contributed by atoms with van der Waals surface area (Å²) in [4.78, 5) is 27.4. The van der Waals surface area contributed by atoms with Crippen LogP contribution in [0.25, 0.3) is 0 Å². The Kier molecular flexibility index (Phi) is 8.19. The molecular formula is C19H25N7O3. The minimum absolute atomic E-state index is 0.0771. The molecule has 1 heterocycles. The van der Waals surface area contributed by atoms with Crippen molar-refractivity contribution in [1.82, 2.24) is 4.98 Å². The molecule has 1 aromatic carbocycles. The van der Waals surface area contributed by atoms with Crippen LogP contribution in [-0.2, 0) is 9.59 Å². The highest BCUT2D eigenvalue weighted by Gasteiger charge is 2.14. The van der Waals surface area contributed by atoms with Crippen LogP contribution in [0.15, 0.2) is 46.6 Å². The van der Waals surface area contributed by atoms with Gasteiger partial charge in [0.05, 0.1) is 6.04 Å². The lowest BCUT2D eigenvalue weighted by Gasteiger charge is -2.12. The first-order valence-electron chi connectivity index (χ1n) is 9.13. The number of nitrogen functional groups attached to an aromatic ring is 1. The summed E-state index contributed by atoms with van der Waals surface area (Å²) in [6.45, 7) is 1.86. The summed E-state index contributed by atoms with van der Waals surface area (Å²) in [5.41, 5.74) is 17.9. The Morgan fingerprint density at radius 1 is 1.14 bits per heavy atom. The number of nitrogens with two attached hydrogens (primary N) is 3. The predicted octanol–water partition coefficient (Wildman–Crippen LogP) is 2.40. The third-order valence-electron chi connectivity index (χ3n) is 3.84. The number of pyridine rings is 1. The van der Waals surface area contributed by atoms with Gasteiger partial charge in [0.2, 0.25) is 5.91 Å². The van der Waals surface area contributed by atoms with Crippen molar-refractivity contribution < 1.29 is 14.3 Å². The molecule has 7 N–H and O–H groups in total. The number of azo groups is 1. The molecule has 1 aromatic heterocycles. The number of carbonyl (C=O) groups excluding carboxylic acids is 2. The smallest absolute Gasteiger partial charge is 0.308 e. The van der Waals surface area contributed by atoms with Gasteiger partial charge < -0.3 is 27.3 Å². The van der Waals surface area contributed by atoms with Gasteiger partial charge in [0.15, 0.2) is 11.6 Å². The third kappa shape index (κ3) is 6.94. The van der Waals surface area contributed by atoms with E-state index in [0.717, 1.165) is 12.8 Å². The van der Waals surface area contributed by atoms with E-state index in [4.69, 9.17) is 21.9 Å². The van der Waals surface area contributed by atoms with E-state index in [1.54, 1.807) is 36.4 Å². The molecule has 0 spiro atoms. The molecule has 0 aliphatic rings. The Hall–Kier alpha value is -3.37. The topological polar surface area (TPSA) is 171 Å². The lowest BCUT2D eigenvalue weighted by molar-refractivity contribution is -0.131. The van der Waals surface area contributed by atoms with Crippen molar-refractivity contribution >= 4 is 34.9 Å². The van der Waals surface area contributed by atoms with Crippen molar-refractivity contribution in [1.29, 1.82) is 0 Å². The summed E-state index contributed by atoms with van der Waals surface area (Å²) in [6, 6.07) is 9.16. The lowest BCUT2D eigenvalue weighted by Crippen LogP contribution is -2.35. The van der Waals surface area contributed by atoms with Gasteiger partial charge in [-0.1, -0.05) is 18.6 Å². The average Bonchev–Trinajstić information content (AvgIpc) is 2.68. The Morgan fingerprint density at radius 2 is 1.86 bits per heavy atom. The molecule has 10 heteroatoms. The van der Waals surface area contributed by atoms with Crippen LogP contribution in [0.5, 0.6) is 5.75 Å². The minimum Gasteiger partial charge on any atom is -0.424 e. The number of ether oxygens (including phenoxy) is 1. The SMILES string of the molecule is CC(=O)Oc1ccccc1N=Nc1ccc(NC(=O)[C@@H](N)CCCCN)nc1N. The molecule has 0 saturated carbocycles. The summed E-state index contributed by atoms with van der Waals surface area (Å²) < 4.78 is 5.08. The standard InChI is InChI=1S/C19H25N7O3/c1-12(27)29-16-8-3-2-7-14(16)25-26-15-9-10-17(23-18(15)22)24-19(28)13(21)6-4-5-11-20/h2-3,7-10,13H,4-6,11,20-21H2,1H3,(H3,22,23,24,28)/t13-/m0/s1. The number of hydrogen-bond acceptors (Lipinski definition) is 9. The zero-order valence-corrected chi connectivity index (χ0v) is 16.2. The van der Waals surface area contributed by atoms with Gasteiger partial charge >= 0.3 is 5.97 Å². The molecule has 0 aliphatic carbocycles. The molecular weight excluding hydrogens is 374 g/mol. The van der Waals surface area contributed by atoms with E-state index in [1.807, 2.05) is 0 Å². The number of nitrogens with one attached hydrogen (secondary N) is 1. The number of amides is 1. The van der Waals surface area contributed by atoms with Gasteiger partial charge in [-0.05, 0) is 43.7 Å². The van der Waals surface area contributed by atoms with Crippen LogP contribution in [0.4, 0.5) is 23.0 Å². The first-order chi connectivity index (χ1) is 13.9. The number of anilines is 2. The van der Waals surface area contributed by atoms with Crippen molar-refractivity contribution in [2.45, 2.75) is 32.2 Å². The third-order valence-corrected chi connectivity index (χ3v) is 3.84. The second-order valence-corrected chi connectivity index (χ2v) is 6.24. The lowest BCUT2D eigenvalue weighted by atomic mass is 10.1. The quantitative estimate of drug-likeness (QED) is 0.217. The number of para-hydroxylation sites is 1. The summed E-state index contributed by atoms with van der Waals surface area (Å²) in [5.74, 6) is -0.189. The summed E-state index contributed by atoms with van der Waals surface area (Å²) in [7, 11) is 0. The normalized spacial score (nSPS) is 12.0. The van der Waals surface area contributed by atoms with Crippen LogP contribution in [0.1, 0.15) is 26.2 Å². The summed E-state index contributed by atoms with van der Waals surface area (Å²) >= 11 is 0. The largest absolute Gasteiger partial charge is 0.424 e. The van der Waals surface area contributed by atoms with Crippen LogP contribution >= 0.6 is 0 Å². The number of aromatic nitrogens is 1. The van der Waals surface area contributed by atoms with Crippen molar-refractivity contribution in [3.8, 4) is 5.75 Å². The van der Waals surface area contributed by atoms with Gasteiger partial charge in [0.1, 0.15) is 17.2 Å². The second kappa shape index (κ2) is 10.8. The molecule has 2 aromatic rings. The molecule has 0 radical (unpaired) electrons. The Morgan fingerprint density at radius 3 is 2.55 bits per heavy atom. The molecule has 0 fully saturated rings. The average molecular weight is 399 g/mol. The highest BCUT2D eigenvalue weighted by atomic mass is 16.5. The van der Waals surface area contributed by atoms with Gasteiger partial charge in [0, 0.05) is 6.92 Å². The van der Waals surface area contributed by atoms with Crippen LogP contribution in [-0.4, -0.2) is 29.4 Å². The molecule has 1 amide bonds. The maximum absolute atomic E-state index is 12.1. The minimum atomic E-state index is -0.651. The fraction of sp³-hybridized carbons (Fsp3) is 0.316. The van der Waals surface area contributed by atoms with E-state index in [1.165, 1.54) is 6.92 Å². The monoisotopic (exact) mass is 399 g/mol. The number of carbonyl (C=O) groups is 2. The van der Waals surface area contributed by atoms with Gasteiger partial charge in [-0.2, -0.15) is 0 Å². The highest BCUT2D eigenvalue weighted by Crippen LogP contribution is 2.30. The first-order valence-corrected chi connectivity index (χ1v) is 9.13. The fourth-order valence-corrected chi connectivity index (χ4v) is 2.37. The molecule has 0 unspecified atom stereocenters. The molecule has 154 valence electrons. The van der Waals surface area contributed by atoms with E-state index >= 15 is 0 Å². The van der Waals surface area contributed by atoms with E-state index < -0.39 is 12.0 Å². The molecule has 29 heavy (non-hydrogen) atoms. The van der Waals surface area contributed by atoms with Gasteiger partial charge in [-0.3, -0.25) is 9.59 Å². The van der Waals surface area contributed by atoms with Crippen LogP contribution in [0.2, 0.25) is 0 Å². The molecule has 0 saturated heterocycles. The molecule has 0 bridgehead atoms. The van der Waals surface area contributed by atoms with E-state index in [-0.39, 0.29) is 23.3 Å². The Bertz CT molecular complexity index is 886. The zero-order valence-electron chi connectivity index (χ0n) is 16.2. The maximum atomic E-state index is 12.1. The van der Waals surface area contributed by atoms with Crippen molar-refractivity contribution in [3.05, 3.63) is 36.4 Å². The van der Waals surface area contributed by atoms with E-state index in [2.05, 4.69) is 20.5 Å². The fourth-order valence-electron chi connectivity index (χ4n) is 2.37. The van der Waals surface area contributed by atoms with Gasteiger partial charge in [0.25, 0.3) is 0 Å². The van der Waals surface area contributed by atoms with Gasteiger partial charge in [-0.25, -0.2) is 4.98 Å². The molecule has 1 atom stereocenters. The number of unbranched alkanes of at least 4 members (excludes halogenated alkanes) is 1. The second-order valence-electron chi connectivity index (χ2n) is 6.24. The highest BCUT2D eigenvalue weighted by molar-refractivity contribution is 5.94. The van der Waals surface area contributed by atoms with Crippen molar-refractivity contribution in [3.63, 3.8) is 0 Å². The van der Waals surface area contributed by atoms with E-state index in [9.17, 15) is 9.59 Å². The molecule has 2 rings (SSSR count). The van der Waals surface area contributed by atoms with Crippen LogP contribution in [0, 0.1) is 0 Å². The Balaban J connectivity index is 2.05. The summed E-state index contributed by atoms with van der Waals surface area (Å²) in [5, 5.41) is 10.7. The maximum Gasteiger partial charge on any atom is 0.308 e. The number of benzene rings is 1. The summed E-state index contributed by atoms with van der Waals surface area (Å²) in [6.07, 6.45) is 2.12.